The van der Waals surface area contributed by atoms with Crippen molar-refractivity contribution in [3.8, 4) is 0 Å². The Morgan fingerprint density at radius 2 is 1.83 bits per heavy atom. The number of fused-ring (bicyclic) bond motifs is 1. The smallest absolute Gasteiger partial charge is 0.207 e. The molecule has 0 unspecified atom stereocenters. The Balaban J connectivity index is 2.04. The molecule has 3 nitrogen and oxygen atoms in total. The molecule has 1 heterocycles. The average molecular weight is 346 g/mol. The summed E-state index contributed by atoms with van der Waals surface area (Å²) in [6, 6.07) is 7.16. The van der Waals surface area contributed by atoms with Gasteiger partial charge in [-0.2, -0.15) is 4.31 Å². The molecule has 1 aromatic carbocycles. The van der Waals surface area contributed by atoms with Gasteiger partial charge >= 0.3 is 0 Å². The molecule has 0 aromatic heterocycles. The fourth-order valence-corrected chi connectivity index (χ4v) is 5.63. The molecule has 0 amide bonds. The maximum absolute atomic E-state index is 13.2. The molecule has 0 radical (unpaired) electrons. The molecule has 130 valence electrons. The van der Waals surface area contributed by atoms with Gasteiger partial charge in [-0.3, -0.25) is 0 Å². The van der Waals surface area contributed by atoms with Gasteiger partial charge < -0.3 is 0 Å². The molecule has 4 heteroatoms. The van der Waals surface area contributed by atoms with Crippen molar-refractivity contribution in [2.24, 2.45) is 11.3 Å². The zero-order chi connectivity index (χ0) is 17.7. The largest absolute Gasteiger partial charge is 0.243 e. The van der Waals surface area contributed by atoms with Crippen LogP contribution in [0.15, 0.2) is 52.5 Å². The monoisotopic (exact) mass is 345 g/mol. The minimum Gasteiger partial charge on any atom is -0.207 e. The fraction of sp³-hybridized carbons (Fsp3) is 0.500. The third-order valence-electron chi connectivity index (χ3n) is 5.48. The summed E-state index contributed by atoms with van der Waals surface area (Å²) in [7, 11) is -3.47. The Bertz CT molecular complexity index is 803. The van der Waals surface area contributed by atoms with Crippen LogP contribution in [0, 0.1) is 18.3 Å². The highest BCUT2D eigenvalue weighted by Crippen LogP contribution is 2.51. The molecule has 0 bridgehead atoms. The molecule has 2 aliphatic rings. The van der Waals surface area contributed by atoms with Crippen LogP contribution < -0.4 is 0 Å². The maximum atomic E-state index is 13.2. The lowest BCUT2D eigenvalue weighted by atomic mass is 9.76. The fourth-order valence-electron chi connectivity index (χ4n) is 4.09. The molecule has 0 spiro atoms. The maximum Gasteiger partial charge on any atom is 0.243 e. The first-order chi connectivity index (χ1) is 11.1. The molecular formula is C20H27NO2S. The predicted molar refractivity (Wildman–Crippen MR) is 98.3 cm³/mol. The first-order valence-electron chi connectivity index (χ1n) is 8.63. The van der Waals surface area contributed by atoms with E-state index in [0.29, 0.717) is 23.9 Å². The van der Waals surface area contributed by atoms with Crippen molar-refractivity contribution >= 4 is 10.0 Å². The van der Waals surface area contributed by atoms with Crippen LogP contribution in [0.1, 0.15) is 39.2 Å². The molecular weight excluding hydrogens is 318 g/mol. The highest BCUT2D eigenvalue weighted by Gasteiger charge is 2.46. The van der Waals surface area contributed by atoms with E-state index in [2.05, 4.69) is 27.4 Å². The van der Waals surface area contributed by atoms with Crippen LogP contribution >= 0.6 is 0 Å². The first-order valence-corrected chi connectivity index (χ1v) is 10.1. The lowest BCUT2D eigenvalue weighted by Gasteiger charge is -2.41. The van der Waals surface area contributed by atoms with E-state index in [4.69, 9.17) is 0 Å². The Morgan fingerprint density at radius 3 is 2.42 bits per heavy atom. The molecule has 0 saturated heterocycles. The lowest BCUT2D eigenvalue weighted by molar-refractivity contribution is 0.265. The minimum absolute atomic E-state index is 0.104. The van der Waals surface area contributed by atoms with E-state index in [-0.39, 0.29) is 5.41 Å². The molecule has 1 aliphatic carbocycles. The summed E-state index contributed by atoms with van der Waals surface area (Å²) in [6.45, 7) is 13.7. The normalized spacial score (nSPS) is 25.5. The van der Waals surface area contributed by atoms with Gasteiger partial charge in [-0.1, -0.05) is 50.6 Å². The molecule has 1 aromatic rings. The number of rotatable bonds is 3. The second-order valence-electron chi connectivity index (χ2n) is 7.81. The van der Waals surface area contributed by atoms with E-state index in [9.17, 15) is 8.42 Å². The third-order valence-corrected chi connectivity index (χ3v) is 7.29. The topological polar surface area (TPSA) is 37.4 Å². The van der Waals surface area contributed by atoms with E-state index >= 15 is 0 Å². The molecule has 1 fully saturated rings. The van der Waals surface area contributed by atoms with Crippen LogP contribution in [0.25, 0.3) is 0 Å². The standard InChI is InChI=1S/C20H27NO2S/c1-14(2)18-12-21(13-20(5)11-10-16(4)19(18)20)24(22,23)17-8-6-15(3)7-9-17/h6-9,14H,4,10-13H2,1-3,5H3/t20-/m0/s1. The highest BCUT2D eigenvalue weighted by molar-refractivity contribution is 7.89. The zero-order valence-corrected chi connectivity index (χ0v) is 15.9. The van der Waals surface area contributed by atoms with Crippen molar-refractivity contribution in [2.45, 2.75) is 45.4 Å². The van der Waals surface area contributed by atoms with Gasteiger partial charge in [0.2, 0.25) is 10.0 Å². The van der Waals surface area contributed by atoms with Crippen LogP contribution in [-0.4, -0.2) is 25.8 Å². The molecule has 1 atom stereocenters. The number of nitrogens with zero attached hydrogens (tertiary/aromatic N) is 1. The van der Waals surface area contributed by atoms with Gasteiger partial charge in [0.1, 0.15) is 0 Å². The first kappa shape index (κ1) is 17.4. The number of aryl methyl sites for hydroxylation is 1. The summed E-state index contributed by atoms with van der Waals surface area (Å²) in [6.07, 6.45) is 1.96. The van der Waals surface area contributed by atoms with Gasteiger partial charge in [-0.25, -0.2) is 8.42 Å². The summed E-state index contributed by atoms with van der Waals surface area (Å²) in [4.78, 5) is 0.389. The Labute approximate surface area is 146 Å². The van der Waals surface area contributed by atoms with Gasteiger partial charge in [0.05, 0.1) is 4.90 Å². The summed E-state index contributed by atoms with van der Waals surface area (Å²) >= 11 is 0. The zero-order valence-electron chi connectivity index (χ0n) is 15.1. The second-order valence-corrected chi connectivity index (χ2v) is 9.74. The van der Waals surface area contributed by atoms with E-state index in [1.165, 1.54) is 16.7 Å². The van der Waals surface area contributed by atoms with Crippen molar-refractivity contribution in [3.63, 3.8) is 0 Å². The van der Waals surface area contributed by atoms with Gasteiger partial charge in [-0.15, -0.1) is 0 Å². The van der Waals surface area contributed by atoms with Gasteiger partial charge in [0, 0.05) is 18.5 Å². The van der Waals surface area contributed by atoms with Gasteiger partial charge in [0.25, 0.3) is 0 Å². The summed E-state index contributed by atoms with van der Waals surface area (Å²) in [5.74, 6) is 0.324. The lowest BCUT2D eigenvalue weighted by Crippen LogP contribution is -2.45. The number of allylic oxidation sites excluding steroid dienone is 1. The molecule has 0 N–H and O–H groups in total. The highest BCUT2D eigenvalue weighted by atomic mass is 32.2. The second kappa shape index (κ2) is 5.85. The quantitative estimate of drug-likeness (QED) is 0.819. The third kappa shape index (κ3) is 2.76. The number of hydrogen-bond donors (Lipinski definition) is 0. The summed E-state index contributed by atoms with van der Waals surface area (Å²) in [5, 5.41) is 0. The number of benzene rings is 1. The van der Waals surface area contributed by atoms with Gasteiger partial charge in [0.15, 0.2) is 0 Å². The minimum atomic E-state index is -3.47. The average Bonchev–Trinajstić information content (AvgIpc) is 2.82. The number of sulfonamides is 1. The van der Waals surface area contributed by atoms with Crippen LogP contribution in [0.4, 0.5) is 0 Å². The molecule has 1 saturated carbocycles. The Kier molecular flexibility index (Phi) is 4.25. The number of hydrogen-bond acceptors (Lipinski definition) is 2. The van der Waals surface area contributed by atoms with E-state index < -0.39 is 10.0 Å². The molecule has 3 rings (SSSR count). The van der Waals surface area contributed by atoms with E-state index in [1.54, 1.807) is 16.4 Å². The Morgan fingerprint density at radius 1 is 1.21 bits per heavy atom. The Hall–Kier alpha value is -1.39. The van der Waals surface area contributed by atoms with Crippen LogP contribution in [0.2, 0.25) is 0 Å². The predicted octanol–water partition coefficient (Wildman–Crippen LogP) is 4.31. The SMILES string of the molecule is C=C1CC[C@@]2(C)CN(S(=O)(=O)c3ccc(C)cc3)CC(C(C)C)=C12. The molecule has 1 aliphatic heterocycles. The van der Waals surface area contributed by atoms with Crippen molar-refractivity contribution in [1.82, 2.24) is 4.31 Å². The van der Waals surface area contributed by atoms with Crippen LogP contribution in [0.3, 0.4) is 0 Å². The van der Waals surface area contributed by atoms with Crippen molar-refractivity contribution < 1.29 is 8.42 Å². The summed E-state index contributed by atoms with van der Waals surface area (Å²) < 4.78 is 28.0. The van der Waals surface area contributed by atoms with Crippen molar-refractivity contribution in [1.29, 1.82) is 0 Å². The summed E-state index contributed by atoms with van der Waals surface area (Å²) in [5.41, 5.74) is 4.74. The van der Waals surface area contributed by atoms with Crippen molar-refractivity contribution in [3.05, 3.63) is 53.1 Å². The van der Waals surface area contributed by atoms with Crippen LogP contribution in [-0.2, 0) is 10.0 Å². The van der Waals surface area contributed by atoms with Crippen LogP contribution in [0.5, 0.6) is 0 Å². The van der Waals surface area contributed by atoms with Crippen molar-refractivity contribution in [2.75, 3.05) is 13.1 Å². The van der Waals surface area contributed by atoms with Gasteiger partial charge in [-0.05, 0) is 49.0 Å². The molecule has 24 heavy (non-hydrogen) atoms. The van der Waals surface area contributed by atoms with E-state index in [1.807, 2.05) is 19.1 Å². The van der Waals surface area contributed by atoms with E-state index in [0.717, 1.165) is 18.4 Å².